The number of methoxy groups -OCH3 is 2. The molecule has 1 heterocycles. The van der Waals surface area contributed by atoms with Gasteiger partial charge in [0.2, 0.25) is 0 Å². The van der Waals surface area contributed by atoms with Crippen molar-refractivity contribution in [3.05, 3.63) is 23.3 Å². The van der Waals surface area contributed by atoms with Crippen molar-refractivity contribution >= 4 is 0 Å². The van der Waals surface area contributed by atoms with Gasteiger partial charge in [-0.1, -0.05) is 0 Å². The summed E-state index contributed by atoms with van der Waals surface area (Å²) in [7, 11) is 3.29. The molecule has 2 unspecified atom stereocenters. The van der Waals surface area contributed by atoms with Gasteiger partial charge in [-0.3, -0.25) is 0 Å². The van der Waals surface area contributed by atoms with E-state index in [1.807, 2.05) is 12.1 Å². The van der Waals surface area contributed by atoms with Crippen molar-refractivity contribution in [1.29, 1.82) is 0 Å². The van der Waals surface area contributed by atoms with Crippen molar-refractivity contribution in [3.63, 3.8) is 0 Å². The van der Waals surface area contributed by atoms with Crippen LogP contribution in [0.15, 0.2) is 12.1 Å². The molecule has 3 nitrogen and oxygen atoms in total. The zero-order valence-electron chi connectivity index (χ0n) is 9.53. The summed E-state index contributed by atoms with van der Waals surface area (Å²) < 4.78 is 16.0. The highest BCUT2D eigenvalue weighted by atomic mass is 16.6. The number of epoxide rings is 1. The van der Waals surface area contributed by atoms with Crippen LogP contribution in [0, 0.1) is 6.92 Å². The highest BCUT2D eigenvalue weighted by Crippen LogP contribution is 2.43. The van der Waals surface area contributed by atoms with Crippen LogP contribution < -0.4 is 9.47 Å². The zero-order chi connectivity index (χ0) is 11.0. The van der Waals surface area contributed by atoms with E-state index < -0.39 is 0 Å². The Morgan fingerprint density at radius 1 is 1.13 bits per heavy atom. The second-order valence-electron chi connectivity index (χ2n) is 3.83. The molecule has 0 radical (unpaired) electrons. The number of aryl methyl sites for hydroxylation is 1. The summed E-state index contributed by atoms with van der Waals surface area (Å²) >= 11 is 0. The summed E-state index contributed by atoms with van der Waals surface area (Å²) in [6.45, 7) is 4.13. The summed E-state index contributed by atoms with van der Waals surface area (Å²) in [6, 6.07) is 3.99. The summed E-state index contributed by atoms with van der Waals surface area (Å²) in [5.74, 6) is 1.54. The van der Waals surface area contributed by atoms with Gasteiger partial charge in [0, 0.05) is 0 Å². The maximum atomic E-state index is 5.46. The average Bonchev–Trinajstić information content (AvgIpc) is 2.94. The number of hydrogen-bond acceptors (Lipinski definition) is 3. The van der Waals surface area contributed by atoms with Crippen LogP contribution in [0.25, 0.3) is 0 Å². The topological polar surface area (TPSA) is 31.0 Å². The fraction of sp³-hybridized carbons (Fsp3) is 0.500. The van der Waals surface area contributed by atoms with Crippen LogP contribution in [-0.4, -0.2) is 20.3 Å². The first-order chi connectivity index (χ1) is 7.17. The van der Waals surface area contributed by atoms with E-state index in [4.69, 9.17) is 14.2 Å². The summed E-state index contributed by atoms with van der Waals surface area (Å²) in [4.78, 5) is 0. The van der Waals surface area contributed by atoms with Gasteiger partial charge in [-0.15, -0.1) is 0 Å². The zero-order valence-corrected chi connectivity index (χ0v) is 9.53. The van der Waals surface area contributed by atoms with Crippen LogP contribution in [0.4, 0.5) is 0 Å². The minimum atomic E-state index is 0.227. The Labute approximate surface area is 90.0 Å². The third-order valence-corrected chi connectivity index (χ3v) is 2.79. The van der Waals surface area contributed by atoms with E-state index in [2.05, 4.69) is 13.8 Å². The van der Waals surface area contributed by atoms with E-state index >= 15 is 0 Å². The second kappa shape index (κ2) is 3.74. The molecule has 2 rings (SSSR count). The number of rotatable bonds is 3. The Morgan fingerprint density at radius 2 is 1.67 bits per heavy atom. The Bertz CT molecular complexity index is 373. The Balaban J connectivity index is 2.39. The molecule has 3 heteroatoms. The van der Waals surface area contributed by atoms with Crippen LogP contribution in [0.1, 0.15) is 24.2 Å². The maximum absolute atomic E-state index is 5.46. The molecule has 0 aliphatic carbocycles. The van der Waals surface area contributed by atoms with Crippen molar-refractivity contribution in [2.45, 2.75) is 26.1 Å². The van der Waals surface area contributed by atoms with E-state index in [9.17, 15) is 0 Å². The van der Waals surface area contributed by atoms with Gasteiger partial charge < -0.3 is 14.2 Å². The van der Waals surface area contributed by atoms with Gasteiger partial charge in [0.25, 0.3) is 0 Å². The number of hydrogen-bond donors (Lipinski definition) is 0. The molecule has 15 heavy (non-hydrogen) atoms. The van der Waals surface area contributed by atoms with Gasteiger partial charge in [-0.2, -0.15) is 0 Å². The van der Waals surface area contributed by atoms with Gasteiger partial charge in [-0.25, -0.2) is 0 Å². The Kier molecular flexibility index (Phi) is 2.57. The van der Waals surface area contributed by atoms with E-state index in [0.717, 1.165) is 11.5 Å². The fourth-order valence-electron chi connectivity index (χ4n) is 1.81. The molecule has 0 saturated carbocycles. The molecule has 0 bridgehead atoms. The normalized spacial score (nSPS) is 23.7. The van der Waals surface area contributed by atoms with Crippen LogP contribution >= 0.6 is 0 Å². The van der Waals surface area contributed by atoms with Crippen molar-refractivity contribution in [1.82, 2.24) is 0 Å². The molecule has 1 aromatic rings. The Hall–Kier alpha value is -1.22. The molecule has 1 fully saturated rings. The molecule has 2 atom stereocenters. The lowest BCUT2D eigenvalue weighted by Gasteiger charge is -2.11. The standard InChI is InChI=1S/C12H16O3/c1-7-5-10(13-3)11(14-4)6-9(7)12-8(2)15-12/h5-6,8,12H,1-4H3. The second-order valence-corrected chi connectivity index (χ2v) is 3.83. The van der Waals surface area contributed by atoms with Gasteiger partial charge in [0.15, 0.2) is 11.5 Å². The molecule has 0 amide bonds. The van der Waals surface area contributed by atoms with E-state index in [0.29, 0.717) is 6.10 Å². The third-order valence-electron chi connectivity index (χ3n) is 2.79. The molecule has 1 saturated heterocycles. The van der Waals surface area contributed by atoms with Crippen molar-refractivity contribution < 1.29 is 14.2 Å². The first-order valence-corrected chi connectivity index (χ1v) is 5.05. The maximum Gasteiger partial charge on any atom is 0.161 e. The summed E-state index contributed by atoms with van der Waals surface area (Å²) in [6.07, 6.45) is 0.548. The third kappa shape index (κ3) is 1.79. The highest BCUT2D eigenvalue weighted by Gasteiger charge is 2.37. The molecular formula is C12H16O3. The van der Waals surface area contributed by atoms with Gasteiger partial charge in [0.1, 0.15) is 6.10 Å². The minimum Gasteiger partial charge on any atom is -0.493 e. The highest BCUT2D eigenvalue weighted by molar-refractivity contribution is 5.48. The molecule has 82 valence electrons. The lowest BCUT2D eigenvalue weighted by atomic mass is 10.0. The lowest BCUT2D eigenvalue weighted by molar-refractivity contribution is 0.352. The molecule has 1 aliphatic rings. The average molecular weight is 208 g/mol. The van der Waals surface area contributed by atoms with Gasteiger partial charge in [-0.05, 0) is 37.1 Å². The van der Waals surface area contributed by atoms with Crippen LogP contribution in [0.3, 0.4) is 0 Å². The van der Waals surface area contributed by atoms with E-state index in [1.54, 1.807) is 14.2 Å². The number of benzene rings is 1. The van der Waals surface area contributed by atoms with Gasteiger partial charge in [0.05, 0.1) is 20.3 Å². The number of ether oxygens (including phenoxy) is 3. The molecule has 0 aromatic heterocycles. The quantitative estimate of drug-likeness (QED) is 0.715. The molecule has 1 aliphatic heterocycles. The van der Waals surface area contributed by atoms with Gasteiger partial charge >= 0.3 is 0 Å². The smallest absolute Gasteiger partial charge is 0.161 e. The first-order valence-electron chi connectivity index (χ1n) is 5.05. The SMILES string of the molecule is COc1cc(C)c(C2OC2C)cc1OC. The Morgan fingerprint density at radius 3 is 2.13 bits per heavy atom. The monoisotopic (exact) mass is 208 g/mol. The largest absolute Gasteiger partial charge is 0.493 e. The van der Waals surface area contributed by atoms with Crippen LogP contribution in [0.5, 0.6) is 11.5 Å². The lowest BCUT2D eigenvalue weighted by Crippen LogP contribution is -1.95. The summed E-state index contributed by atoms with van der Waals surface area (Å²) in [5, 5.41) is 0. The van der Waals surface area contributed by atoms with Crippen molar-refractivity contribution in [3.8, 4) is 11.5 Å². The van der Waals surface area contributed by atoms with Crippen LogP contribution in [-0.2, 0) is 4.74 Å². The van der Waals surface area contributed by atoms with Crippen molar-refractivity contribution in [2.75, 3.05) is 14.2 Å². The molecule has 0 N–H and O–H groups in total. The van der Waals surface area contributed by atoms with E-state index in [1.165, 1.54) is 11.1 Å². The molecule has 1 aromatic carbocycles. The first kappa shape index (κ1) is 10.3. The molecular weight excluding hydrogens is 192 g/mol. The van der Waals surface area contributed by atoms with E-state index in [-0.39, 0.29) is 6.10 Å². The predicted molar refractivity (Wildman–Crippen MR) is 57.6 cm³/mol. The van der Waals surface area contributed by atoms with Crippen LogP contribution in [0.2, 0.25) is 0 Å². The van der Waals surface area contributed by atoms with Crippen molar-refractivity contribution in [2.24, 2.45) is 0 Å². The molecule has 0 spiro atoms. The minimum absolute atomic E-state index is 0.227. The summed E-state index contributed by atoms with van der Waals surface area (Å²) in [5.41, 5.74) is 2.38. The fourth-order valence-corrected chi connectivity index (χ4v) is 1.81. The predicted octanol–water partition coefficient (Wildman–Crippen LogP) is 2.47.